The van der Waals surface area contributed by atoms with Gasteiger partial charge in [0.2, 0.25) is 0 Å². The van der Waals surface area contributed by atoms with Gasteiger partial charge in [-0.25, -0.2) is 0 Å². The monoisotopic (exact) mass is 425 g/mol. The molecule has 0 aliphatic heterocycles. The van der Waals surface area contributed by atoms with E-state index >= 15 is 0 Å². The Morgan fingerprint density at radius 2 is 1.97 bits per heavy atom. The van der Waals surface area contributed by atoms with Crippen LogP contribution in [0.4, 0.5) is 0 Å². The van der Waals surface area contributed by atoms with Crippen LogP contribution < -0.4 is 9.92 Å². The summed E-state index contributed by atoms with van der Waals surface area (Å²) in [5, 5.41) is 5.78. The zero-order valence-corrected chi connectivity index (χ0v) is 21.0. The average molecular weight is 426 g/mol. The number of nitrogens with zero attached hydrogens (tertiary/aromatic N) is 1. The lowest BCUT2D eigenvalue weighted by molar-refractivity contribution is 0.195. The maximum Gasteiger partial charge on any atom is 0.119 e. The lowest BCUT2D eigenvalue weighted by atomic mass is 9.98. The molecule has 1 aromatic heterocycles. The summed E-state index contributed by atoms with van der Waals surface area (Å²) < 4.78 is 6.39. The van der Waals surface area contributed by atoms with E-state index in [2.05, 4.69) is 105 Å². The highest BCUT2D eigenvalue weighted by molar-refractivity contribution is 7.09. The summed E-state index contributed by atoms with van der Waals surface area (Å²) >= 11 is 1.77. The van der Waals surface area contributed by atoms with Gasteiger partial charge in [-0.15, -0.1) is 0 Å². The normalized spacial score (nSPS) is 12.7. The zero-order chi connectivity index (χ0) is 21.3. The van der Waals surface area contributed by atoms with E-state index in [0.29, 0.717) is 0 Å². The Kier molecular flexibility index (Phi) is 8.76. The standard InChI is InChI=1S/C25H35NOSSi/c1-7-26(16-10-8-9-15-24(2,3)4)19-21-12-11-13-22(18-21)27-25(5,6)29-23-14-17-28-20-23/h8,10-14,17-18,20H,7,16,19,29H2,1-6H3/b10-8+. The molecule has 2 nitrogen and oxygen atoms in total. The molecular weight excluding hydrogens is 390 g/mol. The molecule has 0 unspecified atom stereocenters. The highest BCUT2D eigenvalue weighted by Gasteiger charge is 2.21. The van der Waals surface area contributed by atoms with Crippen LogP contribution in [0.15, 0.2) is 53.2 Å². The minimum Gasteiger partial charge on any atom is -0.492 e. The first-order chi connectivity index (χ1) is 13.7. The summed E-state index contributed by atoms with van der Waals surface area (Å²) in [6, 6.07) is 10.8. The van der Waals surface area contributed by atoms with E-state index in [1.54, 1.807) is 11.3 Å². The van der Waals surface area contributed by atoms with Gasteiger partial charge in [-0.1, -0.05) is 48.2 Å². The quantitative estimate of drug-likeness (QED) is 0.423. The molecule has 1 aromatic carbocycles. The molecule has 0 bridgehead atoms. The van der Waals surface area contributed by atoms with Gasteiger partial charge < -0.3 is 4.74 Å². The van der Waals surface area contributed by atoms with Crippen molar-refractivity contribution in [2.75, 3.05) is 13.1 Å². The Bertz CT molecular complexity index is 838. The van der Waals surface area contributed by atoms with Gasteiger partial charge in [0.25, 0.3) is 0 Å². The Balaban J connectivity index is 1.94. The fraction of sp³-hybridized carbons (Fsp3) is 0.440. The smallest absolute Gasteiger partial charge is 0.119 e. The van der Waals surface area contributed by atoms with Crippen molar-refractivity contribution in [1.29, 1.82) is 0 Å². The maximum absolute atomic E-state index is 6.39. The number of ether oxygens (including phenoxy) is 1. The van der Waals surface area contributed by atoms with Crippen molar-refractivity contribution in [2.45, 2.75) is 53.3 Å². The lowest BCUT2D eigenvalue weighted by Crippen LogP contribution is -2.41. The van der Waals surface area contributed by atoms with Crippen LogP contribution in [0.25, 0.3) is 0 Å². The number of hydrogen-bond donors (Lipinski definition) is 0. The van der Waals surface area contributed by atoms with Gasteiger partial charge in [0, 0.05) is 18.5 Å². The number of benzene rings is 1. The van der Waals surface area contributed by atoms with Crippen molar-refractivity contribution in [1.82, 2.24) is 4.90 Å². The molecule has 0 fully saturated rings. The van der Waals surface area contributed by atoms with Crippen molar-refractivity contribution in [3.05, 3.63) is 58.8 Å². The summed E-state index contributed by atoms with van der Waals surface area (Å²) in [6.45, 7) is 15.8. The Morgan fingerprint density at radius 1 is 1.17 bits per heavy atom. The summed E-state index contributed by atoms with van der Waals surface area (Å²) in [4.78, 5) is 2.40. The van der Waals surface area contributed by atoms with Gasteiger partial charge in [0.05, 0.1) is 5.22 Å². The highest BCUT2D eigenvalue weighted by atomic mass is 32.1. The largest absolute Gasteiger partial charge is 0.492 e. The number of allylic oxidation sites excluding steroid dienone is 1. The predicted molar refractivity (Wildman–Crippen MR) is 131 cm³/mol. The van der Waals surface area contributed by atoms with Crippen LogP contribution in [0.5, 0.6) is 5.75 Å². The summed E-state index contributed by atoms with van der Waals surface area (Å²) in [6.07, 6.45) is 4.13. The van der Waals surface area contributed by atoms with Crippen LogP contribution in [-0.2, 0) is 6.54 Å². The minimum atomic E-state index is -0.495. The van der Waals surface area contributed by atoms with Crippen LogP contribution >= 0.6 is 11.3 Å². The molecule has 0 atom stereocenters. The number of thiophene rings is 1. The van der Waals surface area contributed by atoms with E-state index in [0.717, 1.165) is 25.4 Å². The van der Waals surface area contributed by atoms with Crippen LogP contribution in [0.2, 0.25) is 0 Å². The van der Waals surface area contributed by atoms with Crippen molar-refractivity contribution in [3.63, 3.8) is 0 Å². The second-order valence-electron chi connectivity index (χ2n) is 9.07. The summed E-state index contributed by atoms with van der Waals surface area (Å²) in [5.74, 6) is 7.36. The van der Waals surface area contributed by atoms with Crippen LogP contribution in [0.1, 0.15) is 47.1 Å². The van der Waals surface area contributed by atoms with Crippen LogP contribution in [0, 0.1) is 17.3 Å². The van der Waals surface area contributed by atoms with Gasteiger partial charge >= 0.3 is 0 Å². The molecule has 2 aromatic rings. The SMILES string of the molecule is CCN(C/C=C/C#CC(C)(C)C)Cc1cccc(OC(C)(C)[SiH2]c2ccsc2)c1. The molecule has 0 amide bonds. The maximum atomic E-state index is 6.39. The predicted octanol–water partition coefficient (Wildman–Crippen LogP) is 4.78. The molecule has 0 spiro atoms. The Hall–Kier alpha value is -1.80. The summed E-state index contributed by atoms with van der Waals surface area (Å²) in [7, 11) is -0.495. The van der Waals surface area contributed by atoms with E-state index in [1.807, 2.05) is 6.08 Å². The van der Waals surface area contributed by atoms with Gasteiger partial charge in [-0.2, -0.15) is 11.3 Å². The second kappa shape index (κ2) is 10.8. The number of hydrogen-bond acceptors (Lipinski definition) is 3. The molecule has 0 saturated heterocycles. The van der Waals surface area contributed by atoms with Crippen LogP contribution in [0.3, 0.4) is 0 Å². The fourth-order valence-corrected chi connectivity index (χ4v) is 5.87. The molecule has 0 radical (unpaired) electrons. The van der Waals surface area contributed by atoms with Gasteiger partial charge in [0.15, 0.2) is 0 Å². The number of likely N-dealkylation sites (N-methyl/N-ethyl adjacent to an activating group) is 1. The molecule has 4 heteroatoms. The highest BCUT2D eigenvalue weighted by Crippen LogP contribution is 2.20. The van der Waals surface area contributed by atoms with Crippen LogP contribution in [-0.4, -0.2) is 32.7 Å². The molecule has 0 aliphatic rings. The van der Waals surface area contributed by atoms with E-state index in [-0.39, 0.29) is 10.6 Å². The van der Waals surface area contributed by atoms with E-state index in [4.69, 9.17) is 4.74 Å². The molecule has 2 rings (SSSR count). The van der Waals surface area contributed by atoms with Crippen molar-refractivity contribution < 1.29 is 4.74 Å². The average Bonchev–Trinajstić information content (AvgIpc) is 3.11. The molecule has 1 heterocycles. The lowest BCUT2D eigenvalue weighted by Gasteiger charge is -2.26. The molecular formula is C25H35NOSSi. The Morgan fingerprint density at radius 3 is 2.62 bits per heavy atom. The minimum absolute atomic E-state index is 0.0509. The first kappa shape index (κ1) is 23.5. The van der Waals surface area contributed by atoms with Crippen molar-refractivity contribution in [3.8, 4) is 17.6 Å². The third kappa shape index (κ3) is 9.49. The molecule has 29 heavy (non-hydrogen) atoms. The second-order valence-corrected chi connectivity index (χ2v) is 12.7. The molecule has 0 aliphatic carbocycles. The number of rotatable bonds is 9. The zero-order valence-electron chi connectivity index (χ0n) is 18.8. The topological polar surface area (TPSA) is 12.5 Å². The first-order valence-corrected chi connectivity index (χ1v) is 12.7. The van der Waals surface area contributed by atoms with Crippen molar-refractivity contribution >= 4 is 26.0 Å². The molecule has 156 valence electrons. The molecule has 0 N–H and O–H groups in total. The van der Waals surface area contributed by atoms with Gasteiger partial charge in [-0.3, -0.25) is 4.90 Å². The van der Waals surface area contributed by atoms with E-state index in [1.165, 1.54) is 10.8 Å². The third-order valence-electron chi connectivity index (χ3n) is 4.37. The Labute approximate surface area is 183 Å². The van der Waals surface area contributed by atoms with Gasteiger partial charge in [0.1, 0.15) is 15.3 Å². The van der Waals surface area contributed by atoms with E-state index in [9.17, 15) is 0 Å². The van der Waals surface area contributed by atoms with Gasteiger partial charge in [-0.05, 0) is 75.7 Å². The fourth-order valence-electron chi connectivity index (χ4n) is 3.03. The molecule has 0 saturated carbocycles. The summed E-state index contributed by atoms with van der Waals surface area (Å²) in [5.41, 5.74) is 1.33. The third-order valence-corrected chi connectivity index (χ3v) is 7.24. The van der Waals surface area contributed by atoms with E-state index < -0.39 is 9.52 Å². The van der Waals surface area contributed by atoms with Crippen molar-refractivity contribution in [2.24, 2.45) is 5.41 Å². The first-order valence-electron chi connectivity index (χ1n) is 10.4.